The molecule has 0 saturated carbocycles. The van der Waals surface area contributed by atoms with Crippen molar-refractivity contribution in [1.82, 2.24) is 0 Å². The Morgan fingerprint density at radius 1 is 0.678 bits per heavy atom. The van der Waals surface area contributed by atoms with E-state index < -0.39 is 0 Å². The Bertz CT molecular complexity index is 2030. The van der Waals surface area contributed by atoms with Gasteiger partial charge in [-0.05, 0) is 62.3 Å². The summed E-state index contributed by atoms with van der Waals surface area (Å²) in [5.41, 5.74) is 16.6. The van der Waals surface area contributed by atoms with E-state index in [1.54, 1.807) is 12.1 Å². The fraction of sp³-hybridized carbons (Fsp3) is 0.389. The predicted octanol–water partition coefficient (Wildman–Crippen LogP) is 16.6. The van der Waals surface area contributed by atoms with Crippen molar-refractivity contribution in [2.24, 2.45) is 22.2 Å². The van der Waals surface area contributed by atoms with Crippen LogP contribution in [0.5, 0.6) is 0 Å². The average Bonchev–Trinajstić information content (AvgIpc) is 3.86. The third kappa shape index (κ3) is 13.1. The Balaban J connectivity index is 0.000000348. The summed E-state index contributed by atoms with van der Waals surface area (Å²) in [5.74, 6) is 0.522. The molecule has 59 heavy (non-hydrogen) atoms. The molecule has 4 aromatic carbocycles. The number of hydrogen-bond acceptors (Lipinski definition) is 0. The molecular weight excluding hydrogens is 882 g/mol. The zero-order valence-electron chi connectivity index (χ0n) is 37.7. The molecule has 4 aliphatic rings. The van der Waals surface area contributed by atoms with Gasteiger partial charge in [-0.25, -0.2) is 11.6 Å². The summed E-state index contributed by atoms with van der Waals surface area (Å²) < 4.78 is 3.34. The van der Waals surface area contributed by atoms with Gasteiger partial charge in [0.05, 0.1) is 0 Å². The van der Waals surface area contributed by atoms with Gasteiger partial charge >= 0.3 is 28.4 Å². The number of rotatable bonds is 0. The van der Waals surface area contributed by atoms with Crippen LogP contribution >= 0.6 is 48.0 Å². The minimum absolute atomic E-state index is 0. The fourth-order valence-corrected chi connectivity index (χ4v) is 8.01. The SMILES string of the molecule is CC(C)(C)C1=[C-]C(C)(C)c2cc3c(cc21)-c1cc2c(cc1C3)C(C)(C)C=C2C(C)(C)C.CC1[C-]=CC(C(C)(C)C)=C1.Cl.Cl.Clc1c[c-]ccc1.Clc1c[c-]ccc1.[CH2]=[Zr]. The van der Waals surface area contributed by atoms with E-state index in [0.29, 0.717) is 11.3 Å². The van der Waals surface area contributed by atoms with Crippen LogP contribution in [0.1, 0.15) is 130 Å². The van der Waals surface area contributed by atoms with Gasteiger partial charge in [0.2, 0.25) is 0 Å². The van der Waals surface area contributed by atoms with E-state index in [0.717, 1.165) is 16.5 Å². The van der Waals surface area contributed by atoms with Gasteiger partial charge in [-0.2, -0.15) is 101 Å². The van der Waals surface area contributed by atoms with E-state index in [1.165, 1.54) is 85.5 Å². The molecule has 8 rings (SSSR count). The van der Waals surface area contributed by atoms with E-state index in [1.807, 2.05) is 36.4 Å². The van der Waals surface area contributed by atoms with Crippen LogP contribution in [0.25, 0.3) is 22.3 Å². The van der Waals surface area contributed by atoms with Gasteiger partial charge in [-0.15, -0.1) is 36.4 Å². The third-order valence-corrected chi connectivity index (χ3v) is 11.2. The molecule has 0 heterocycles. The van der Waals surface area contributed by atoms with E-state index in [-0.39, 0.29) is 46.5 Å². The van der Waals surface area contributed by atoms with E-state index in [9.17, 15) is 0 Å². The molecule has 0 nitrogen and oxygen atoms in total. The molecule has 1 atom stereocenters. The second kappa shape index (κ2) is 20.7. The molecule has 0 bridgehead atoms. The minimum atomic E-state index is -0.0202. The second-order valence-corrected chi connectivity index (χ2v) is 20.5. The van der Waals surface area contributed by atoms with Crippen molar-refractivity contribution in [3.05, 3.63) is 164 Å². The Kier molecular flexibility index (Phi) is 18.6. The van der Waals surface area contributed by atoms with Crippen molar-refractivity contribution in [3.8, 4) is 11.1 Å². The Labute approximate surface area is 396 Å². The molecular formula is C54H64Cl4Zr-4. The number of halogens is 4. The van der Waals surface area contributed by atoms with Crippen LogP contribution in [0, 0.1) is 46.4 Å². The first-order valence-electron chi connectivity index (χ1n) is 20.0. The normalized spacial score (nSPS) is 16.9. The van der Waals surface area contributed by atoms with Crippen molar-refractivity contribution in [2.45, 2.75) is 114 Å². The van der Waals surface area contributed by atoms with Crippen molar-refractivity contribution in [2.75, 3.05) is 0 Å². The zero-order valence-corrected chi connectivity index (χ0v) is 43.3. The molecule has 4 aromatic rings. The molecule has 0 saturated heterocycles. The van der Waals surface area contributed by atoms with Crippen LogP contribution in [-0.4, -0.2) is 4.21 Å². The van der Waals surface area contributed by atoms with E-state index in [4.69, 9.17) is 23.2 Å². The van der Waals surface area contributed by atoms with Crippen LogP contribution in [-0.2, 0) is 41.5 Å². The quantitative estimate of drug-likeness (QED) is 0.136. The Hall–Kier alpha value is -2.25. The van der Waals surface area contributed by atoms with E-state index in [2.05, 4.69) is 168 Å². The number of benzene rings is 4. The maximum absolute atomic E-state index is 5.51. The zero-order chi connectivity index (χ0) is 42.7. The number of hydrogen-bond donors (Lipinski definition) is 0. The van der Waals surface area contributed by atoms with Crippen molar-refractivity contribution < 1.29 is 24.2 Å². The molecule has 4 aliphatic carbocycles. The summed E-state index contributed by atoms with van der Waals surface area (Å²) in [7, 11) is 0. The summed E-state index contributed by atoms with van der Waals surface area (Å²) in [4.78, 5) is 0. The average molecular weight is 946 g/mol. The van der Waals surface area contributed by atoms with Crippen molar-refractivity contribution in [3.63, 3.8) is 0 Å². The van der Waals surface area contributed by atoms with Crippen molar-refractivity contribution in [1.29, 1.82) is 0 Å². The molecule has 0 fully saturated rings. The van der Waals surface area contributed by atoms with Crippen molar-refractivity contribution >= 4 is 63.4 Å². The first-order valence-corrected chi connectivity index (χ1v) is 22.5. The molecule has 0 radical (unpaired) electrons. The summed E-state index contributed by atoms with van der Waals surface area (Å²) in [5, 5.41) is 1.48. The predicted molar refractivity (Wildman–Crippen MR) is 261 cm³/mol. The third-order valence-electron chi connectivity index (χ3n) is 10.7. The van der Waals surface area contributed by atoms with Crippen LogP contribution in [0.4, 0.5) is 0 Å². The van der Waals surface area contributed by atoms with E-state index >= 15 is 0 Å². The monoisotopic (exact) mass is 942 g/mol. The molecule has 0 N–H and O–H groups in total. The number of fused-ring (bicyclic) bond motifs is 5. The molecule has 0 amide bonds. The summed E-state index contributed by atoms with van der Waals surface area (Å²) in [6.45, 7) is 32.2. The van der Waals surface area contributed by atoms with Gasteiger partial charge in [0.15, 0.2) is 0 Å². The molecule has 1 unspecified atom stereocenters. The van der Waals surface area contributed by atoms with Gasteiger partial charge in [0.25, 0.3) is 0 Å². The molecule has 316 valence electrons. The Morgan fingerprint density at radius 2 is 1.17 bits per heavy atom. The Morgan fingerprint density at radius 3 is 1.53 bits per heavy atom. The van der Waals surface area contributed by atoms with Crippen LogP contribution in [0.3, 0.4) is 0 Å². The molecule has 0 aromatic heterocycles. The second-order valence-electron chi connectivity index (χ2n) is 19.6. The maximum atomic E-state index is 5.51. The summed E-state index contributed by atoms with van der Waals surface area (Å²) in [6.07, 6.45) is 15.1. The van der Waals surface area contributed by atoms with Gasteiger partial charge in [-0.1, -0.05) is 142 Å². The van der Waals surface area contributed by atoms with Crippen LogP contribution in [0.2, 0.25) is 10.0 Å². The fourth-order valence-electron chi connectivity index (χ4n) is 7.74. The summed E-state index contributed by atoms with van der Waals surface area (Å²) >= 11 is 12.3. The van der Waals surface area contributed by atoms with Crippen LogP contribution < -0.4 is 0 Å². The molecule has 0 spiro atoms. The number of allylic oxidation sites excluding steroid dienone is 8. The topological polar surface area (TPSA) is 0 Å². The van der Waals surface area contributed by atoms with Gasteiger partial charge in [0.1, 0.15) is 0 Å². The first-order chi connectivity index (χ1) is 26.4. The molecule has 5 heteroatoms. The first kappa shape index (κ1) is 52.9. The summed E-state index contributed by atoms with van der Waals surface area (Å²) in [6, 6.07) is 30.1. The van der Waals surface area contributed by atoms with Crippen LogP contribution in [0.15, 0.2) is 96.6 Å². The molecule has 0 aliphatic heterocycles. The van der Waals surface area contributed by atoms with Gasteiger partial charge in [-0.3, -0.25) is 12.2 Å². The van der Waals surface area contributed by atoms with Gasteiger partial charge < -0.3 is 0 Å². The standard InChI is InChI=1S/C31H37.C10H15.2C6H4Cl.CH2.2ClH.Zr/c1-28(2,3)26-16-30(7,8)24-12-18-11-19-13-25-23(15-21(19)20(18)14-22(24)26)27(29(4,5)6)17-31(25,9)10;1-8-5-6-9(7-8)10(2,3)4;2*7-6-4-2-1-3-5-6;;;;/h12-16H,11H2,1-10H3;6-8H,1-4H3;2*1-2,4-5H;1H2;2*1H;/q4*-1;;;;. The van der Waals surface area contributed by atoms with Gasteiger partial charge in [0, 0.05) is 5.41 Å².